The van der Waals surface area contributed by atoms with Crippen molar-refractivity contribution in [2.75, 3.05) is 6.61 Å². The third kappa shape index (κ3) is 3.88. The second-order valence-corrected chi connectivity index (χ2v) is 6.43. The lowest BCUT2D eigenvalue weighted by Gasteiger charge is -2.30. The van der Waals surface area contributed by atoms with Crippen LogP contribution in [0, 0.1) is 0 Å². The molecule has 1 amide bonds. The van der Waals surface area contributed by atoms with Crippen molar-refractivity contribution in [1.29, 1.82) is 0 Å². The summed E-state index contributed by atoms with van der Waals surface area (Å²) in [6.07, 6.45) is 5.41. The Morgan fingerprint density at radius 1 is 1.26 bits per heavy atom. The van der Waals surface area contributed by atoms with Gasteiger partial charge in [0, 0.05) is 31.5 Å². The van der Waals surface area contributed by atoms with Crippen molar-refractivity contribution in [3.8, 4) is 0 Å². The molecule has 3 aromatic rings. The Labute approximate surface area is 156 Å². The van der Waals surface area contributed by atoms with Crippen molar-refractivity contribution in [1.82, 2.24) is 19.4 Å². The largest absolute Gasteiger partial charge is 0.394 e. The molecule has 0 unspecified atom stereocenters. The molecule has 0 aliphatic carbocycles. The number of aliphatic hydroxyl groups is 1. The van der Waals surface area contributed by atoms with Gasteiger partial charge in [0.1, 0.15) is 0 Å². The van der Waals surface area contributed by atoms with E-state index in [0.717, 1.165) is 5.56 Å². The Bertz CT molecular complexity index is 997. The van der Waals surface area contributed by atoms with Crippen molar-refractivity contribution in [2.24, 2.45) is 7.05 Å². The van der Waals surface area contributed by atoms with E-state index in [1.807, 2.05) is 19.1 Å². The van der Waals surface area contributed by atoms with E-state index < -0.39 is 0 Å². The first kappa shape index (κ1) is 18.7. The quantitative estimate of drug-likeness (QED) is 0.718. The zero-order valence-electron chi connectivity index (χ0n) is 15.4. The van der Waals surface area contributed by atoms with Crippen LogP contribution in [0.4, 0.5) is 0 Å². The smallest absolute Gasteiger partial charge is 0.260 e. The number of fused-ring (bicyclic) bond motifs is 1. The summed E-state index contributed by atoms with van der Waals surface area (Å²) < 4.78 is 1.40. The van der Waals surface area contributed by atoms with Crippen LogP contribution >= 0.6 is 0 Å². The van der Waals surface area contributed by atoms with E-state index in [1.54, 1.807) is 42.5 Å². The number of rotatable bonds is 6. The highest BCUT2D eigenvalue weighted by atomic mass is 16.3. The van der Waals surface area contributed by atoms with Crippen molar-refractivity contribution in [3.63, 3.8) is 0 Å². The average molecular weight is 366 g/mol. The summed E-state index contributed by atoms with van der Waals surface area (Å²) in [5, 5.41) is 10.2. The fraction of sp³-hybridized carbons (Fsp3) is 0.300. The number of aliphatic hydroxyl groups excluding tert-OH is 1. The molecule has 7 heteroatoms. The van der Waals surface area contributed by atoms with Gasteiger partial charge >= 0.3 is 0 Å². The molecule has 2 heterocycles. The first-order valence-electron chi connectivity index (χ1n) is 8.81. The Balaban J connectivity index is 1.99. The van der Waals surface area contributed by atoms with Crippen LogP contribution in [0.1, 0.15) is 29.3 Å². The van der Waals surface area contributed by atoms with E-state index >= 15 is 0 Å². The predicted octanol–water partition coefficient (Wildman–Crippen LogP) is 1.74. The van der Waals surface area contributed by atoms with Gasteiger partial charge in [-0.3, -0.25) is 14.6 Å². The van der Waals surface area contributed by atoms with Crippen molar-refractivity contribution in [3.05, 3.63) is 70.5 Å². The van der Waals surface area contributed by atoms with Gasteiger partial charge in [-0.1, -0.05) is 6.92 Å². The summed E-state index contributed by atoms with van der Waals surface area (Å²) in [5.74, 6) is -0.211. The van der Waals surface area contributed by atoms with Crippen LogP contribution in [0.25, 0.3) is 10.9 Å². The highest BCUT2D eigenvalue weighted by Gasteiger charge is 2.24. The minimum Gasteiger partial charge on any atom is -0.394 e. The Hall–Kier alpha value is -3.06. The first-order valence-corrected chi connectivity index (χ1v) is 8.81. The second-order valence-electron chi connectivity index (χ2n) is 6.43. The number of nitrogens with zero attached hydrogens (tertiary/aromatic N) is 4. The minimum absolute atomic E-state index is 0.125. The Kier molecular flexibility index (Phi) is 5.61. The second kappa shape index (κ2) is 8.09. The monoisotopic (exact) mass is 366 g/mol. The van der Waals surface area contributed by atoms with Crippen LogP contribution in [-0.2, 0) is 13.6 Å². The number of hydrogen-bond acceptors (Lipinski definition) is 5. The third-order valence-corrected chi connectivity index (χ3v) is 4.65. The van der Waals surface area contributed by atoms with Crippen LogP contribution in [0.15, 0.2) is 53.8 Å². The molecule has 1 N–H and O–H groups in total. The zero-order chi connectivity index (χ0) is 19.4. The van der Waals surface area contributed by atoms with Gasteiger partial charge in [-0.2, -0.15) is 0 Å². The summed E-state index contributed by atoms with van der Waals surface area (Å²) in [6, 6.07) is 8.27. The van der Waals surface area contributed by atoms with Gasteiger partial charge in [0.25, 0.3) is 11.5 Å². The average Bonchev–Trinajstić information content (AvgIpc) is 2.71. The molecule has 0 saturated heterocycles. The summed E-state index contributed by atoms with van der Waals surface area (Å²) >= 11 is 0. The first-order chi connectivity index (χ1) is 13.0. The van der Waals surface area contributed by atoms with Crippen molar-refractivity contribution < 1.29 is 9.90 Å². The molecule has 2 aromatic heterocycles. The summed E-state index contributed by atoms with van der Waals surface area (Å²) in [4.78, 5) is 35.3. The molecule has 3 rings (SSSR count). The molecule has 0 bridgehead atoms. The molecular weight excluding hydrogens is 344 g/mol. The predicted molar refractivity (Wildman–Crippen MR) is 102 cm³/mol. The van der Waals surface area contributed by atoms with Gasteiger partial charge in [-0.05, 0) is 42.3 Å². The lowest BCUT2D eigenvalue weighted by atomic mass is 10.1. The molecule has 0 radical (unpaired) electrons. The van der Waals surface area contributed by atoms with Crippen LogP contribution < -0.4 is 5.56 Å². The van der Waals surface area contributed by atoms with Crippen LogP contribution in [0.5, 0.6) is 0 Å². The fourth-order valence-corrected chi connectivity index (χ4v) is 3.01. The molecule has 0 saturated carbocycles. The van der Waals surface area contributed by atoms with E-state index in [9.17, 15) is 14.7 Å². The van der Waals surface area contributed by atoms with Gasteiger partial charge in [-0.25, -0.2) is 4.98 Å². The molecule has 0 spiro atoms. The zero-order valence-corrected chi connectivity index (χ0v) is 15.4. The standard InChI is InChI=1S/C20H22N4O3/c1-3-16(12-25)24(11-14-6-8-21-9-7-14)19(26)15-4-5-17-18(10-15)22-13-23(2)20(17)27/h4-10,13,16,25H,3,11-12H2,1-2H3/t16-/m0/s1. The molecule has 0 aliphatic rings. The van der Waals surface area contributed by atoms with E-state index in [0.29, 0.717) is 29.4 Å². The lowest BCUT2D eigenvalue weighted by Crippen LogP contribution is -2.41. The summed E-state index contributed by atoms with van der Waals surface area (Å²) in [5.41, 5.74) is 1.68. The molecule has 1 aromatic carbocycles. The number of aromatic nitrogens is 3. The number of carbonyl (C=O) groups excluding carboxylic acids is 1. The Morgan fingerprint density at radius 2 is 2.00 bits per heavy atom. The highest BCUT2D eigenvalue weighted by Crippen LogP contribution is 2.17. The molecule has 27 heavy (non-hydrogen) atoms. The van der Waals surface area contributed by atoms with Gasteiger partial charge in [0.05, 0.1) is 29.9 Å². The molecule has 140 valence electrons. The molecule has 7 nitrogen and oxygen atoms in total. The van der Waals surface area contributed by atoms with E-state index in [1.165, 1.54) is 10.9 Å². The molecular formula is C20H22N4O3. The Morgan fingerprint density at radius 3 is 2.67 bits per heavy atom. The van der Waals surface area contributed by atoms with Crippen molar-refractivity contribution in [2.45, 2.75) is 25.9 Å². The maximum Gasteiger partial charge on any atom is 0.260 e. The SMILES string of the molecule is CC[C@@H](CO)N(Cc1ccncc1)C(=O)c1ccc2c(=O)n(C)cnc2c1. The minimum atomic E-state index is -0.307. The van der Waals surface area contributed by atoms with Crippen LogP contribution in [0.3, 0.4) is 0 Å². The number of aryl methyl sites for hydroxylation is 1. The number of carbonyl (C=O) groups is 1. The van der Waals surface area contributed by atoms with Gasteiger partial charge < -0.3 is 14.6 Å². The topological polar surface area (TPSA) is 88.3 Å². The molecule has 0 aliphatic heterocycles. The number of amides is 1. The number of benzene rings is 1. The lowest BCUT2D eigenvalue weighted by molar-refractivity contribution is 0.0564. The summed E-state index contributed by atoms with van der Waals surface area (Å²) in [7, 11) is 1.64. The normalized spacial score (nSPS) is 12.1. The number of hydrogen-bond donors (Lipinski definition) is 1. The molecule has 1 atom stereocenters. The highest BCUT2D eigenvalue weighted by molar-refractivity contribution is 5.97. The fourth-order valence-electron chi connectivity index (χ4n) is 3.01. The maximum atomic E-state index is 13.2. The maximum absolute atomic E-state index is 13.2. The van der Waals surface area contributed by atoms with E-state index in [2.05, 4.69) is 9.97 Å². The van der Waals surface area contributed by atoms with E-state index in [4.69, 9.17) is 0 Å². The third-order valence-electron chi connectivity index (χ3n) is 4.65. The van der Waals surface area contributed by atoms with Crippen LogP contribution in [0.2, 0.25) is 0 Å². The van der Waals surface area contributed by atoms with Gasteiger partial charge in [-0.15, -0.1) is 0 Å². The van der Waals surface area contributed by atoms with E-state index in [-0.39, 0.29) is 24.1 Å². The van der Waals surface area contributed by atoms with Crippen molar-refractivity contribution >= 4 is 16.8 Å². The van der Waals surface area contributed by atoms with Crippen LogP contribution in [-0.4, -0.2) is 43.1 Å². The number of pyridine rings is 1. The van der Waals surface area contributed by atoms with Gasteiger partial charge in [0.15, 0.2) is 0 Å². The molecule has 0 fully saturated rings. The van der Waals surface area contributed by atoms with Gasteiger partial charge in [0.2, 0.25) is 0 Å². The summed E-state index contributed by atoms with van der Waals surface area (Å²) in [6.45, 7) is 2.17.